The van der Waals surface area contributed by atoms with E-state index in [1.807, 2.05) is 0 Å². The van der Waals surface area contributed by atoms with Crippen LogP contribution in [0.5, 0.6) is 0 Å². The number of nitrogens with one attached hydrogen (secondary N) is 1. The molecule has 0 aromatic heterocycles. The summed E-state index contributed by atoms with van der Waals surface area (Å²) in [6.45, 7) is 2.06. The third-order valence-corrected chi connectivity index (χ3v) is 4.30. The van der Waals surface area contributed by atoms with Crippen LogP contribution < -0.4 is 4.72 Å². The largest absolute Gasteiger partial charge is 0.279 e. The lowest BCUT2D eigenvalue weighted by atomic mass is 10.2. The quantitative estimate of drug-likeness (QED) is 0.324. The Balaban J connectivity index is 2.22. The maximum atomic E-state index is 11.8. The highest BCUT2D eigenvalue weighted by Gasteiger charge is 2.22. The Morgan fingerprint density at radius 2 is 1.94 bits per heavy atom. The van der Waals surface area contributed by atoms with Crippen LogP contribution >= 0.6 is 0 Å². The van der Waals surface area contributed by atoms with E-state index < -0.39 is 10.2 Å². The van der Waals surface area contributed by atoms with Crippen molar-refractivity contribution in [3.05, 3.63) is 10.4 Å². The first kappa shape index (κ1) is 14.2. The number of hydrogen-bond donors (Lipinski definition) is 1. The van der Waals surface area contributed by atoms with Crippen LogP contribution in [0.1, 0.15) is 32.1 Å². The number of azide groups is 1. The van der Waals surface area contributed by atoms with Gasteiger partial charge < -0.3 is 0 Å². The topological polar surface area (TPSA) is 98.2 Å². The molecule has 0 amide bonds. The standard InChI is InChI=1S/C9H19N5O2S/c10-13-11-6-2-3-7-12-17(15,16)14-8-4-1-5-9-14/h12H,1-9H2. The average molecular weight is 261 g/mol. The number of unbranched alkanes of at least 4 members (excludes halogenated alkanes) is 1. The number of piperidine rings is 1. The van der Waals surface area contributed by atoms with Gasteiger partial charge in [-0.15, -0.1) is 0 Å². The van der Waals surface area contributed by atoms with E-state index >= 15 is 0 Å². The molecule has 17 heavy (non-hydrogen) atoms. The van der Waals surface area contributed by atoms with Crippen molar-refractivity contribution in [1.29, 1.82) is 0 Å². The van der Waals surface area contributed by atoms with E-state index in [2.05, 4.69) is 14.7 Å². The van der Waals surface area contributed by atoms with Gasteiger partial charge in [0.05, 0.1) is 0 Å². The van der Waals surface area contributed by atoms with Gasteiger partial charge in [0.15, 0.2) is 0 Å². The van der Waals surface area contributed by atoms with Crippen molar-refractivity contribution >= 4 is 10.2 Å². The highest BCUT2D eigenvalue weighted by Crippen LogP contribution is 2.11. The second-order valence-electron chi connectivity index (χ2n) is 4.02. The molecule has 1 N–H and O–H groups in total. The molecule has 0 aliphatic carbocycles. The van der Waals surface area contributed by atoms with Crippen LogP contribution in [0, 0.1) is 0 Å². The maximum Gasteiger partial charge on any atom is 0.279 e. The summed E-state index contributed by atoms with van der Waals surface area (Å²) < 4.78 is 27.7. The summed E-state index contributed by atoms with van der Waals surface area (Å²) >= 11 is 0. The zero-order valence-electron chi connectivity index (χ0n) is 9.88. The molecule has 7 nitrogen and oxygen atoms in total. The molecule has 0 aromatic carbocycles. The molecule has 1 aliphatic heterocycles. The average Bonchev–Trinajstić information content (AvgIpc) is 2.35. The summed E-state index contributed by atoms with van der Waals surface area (Å²) in [5.41, 5.74) is 8.06. The first-order chi connectivity index (χ1) is 8.17. The van der Waals surface area contributed by atoms with Crippen molar-refractivity contribution in [3.8, 4) is 0 Å². The van der Waals surface area contributed by atoms with Crippen LogP contribution in [-0.4, -0.2) is 38.9 Å². The summed E-state index contributed by atoms with van der Waals surface area (Å²) in [5, 5.41) is 3.39. The van der Waals surface area contributed by atoms with Crippen LogP contribution in [0.2, 0.25) is 0 Å². The van der Waals surface area contributed by atoms with Gasteiger partial charge in [-0.3, -0.25) is 0 Å². The Morgan fingerprint density at radius 3 is 2.59 bits per heavy atom. The molecular weight excluding hydrogens is 242 g/mol. The molecule has 8 heteroatoms. The fraction of sp³-hybridized carbons (Fsp3) is 1.00. The molecule has 1 saturated heterocycles. The van der Waals surface area contributed by atoms with Crippen LogP contribution in [-0.2, 0) is 10.2 Å². The molecule has 0 spiro atoms. The number of nitrogens with zero attached hydrogens (tertiary/aromatic N) is 4. The summed E-state index contributed by atoms with van der Waals surface area (Å²) in [4.78, 5) is 2.63. The molecular formula is C9H19N5O2S. The van der Waals surface area contributed by atoms with Crippen LogP contribution in [0.3, 0.4) is 0 Å². The van der Waals surface area contributed by atoms with E-state index in [1.165, 1.54) is 4.31 Å². The van der Waals surface area contributed by atoms with Gasteiger partial charge in [-0.2, -0.15) is 12.7 Å². The number of hydrogen-bond acceptors (Lipinski definition) is 3. The second-order valence-corrected chi connectivity index (χ2v) is 5.78. The zero-order valence-corrected chi connectivity index (χ0v) is 10.7. The Morgan fingerprint density at radius 1 is 1.24 bits per heavy atom. The van der Waals surface area contributed by atoms with Crippen molar-refractivity contribution in [2.45, 2.75) is 32.1 Å². The molecule has 1 rings (SSSR count). The predicted molar refractivity (Wildman–Crippen MR) is 65.6 cm³/mol. The predicted octanol–water partition coefficient (Wildman–Crippen LogP) is 1.40. The molecule has 98 valence electrons. The Labute approximate surface area is 102 Å². The van der Waals surface area contributed by atoms with E-state index in [0.29, 0.717) is 39.0 Å². The molecule has 0 radical (unpaired) electrons. The third-order valence-electron chi connectivity index (χ3n) is 2.69. The highest BCUT2D eigenvalue weighted by atomic mass is 32.2. The van der Waals surface area contributed by atoms with Gasteiger partial charge in [-0.05, 0) is 31.2 Å². The molecule has 1 heterocycles. The van der Waals surface area contributed by atoms with Crippen LogP contribution in [0.4, 0.5) is 0 Å². The normalized spacial score (nSPS) is 17.6. The van der Waals surface area contributed by atoms with E-state index in [-0.39, 0.29) is 0 Å². The van der Waals surface area contributed by atoms with Crippen molar-refractivity contribution in [1.82, 2.24) is 9.03 Å². The minimum Gasteiger partial charge on any atom is -0.202 e. The molecule has 0 saturated carbocycles. The van der Waals surface area contributed by atoms with E-state index in [1.54, 1.807) is 0 Å². The number of rotatable bonds is 7. The van der Waals surface area contributed by atoms with Gasteiger partial charge >= 0.3 is 0 Å². The van der Waals surface area contributed by atoms with Gasteiger partial charge in [0.1, 0.15) is 0 Å². The molecule has 1 aliphatic rings. The first-order valence-electron chi connectivity index (χ1n) is 5.92. The molecule has 0 bridgehead atoms. The maximum absolute atomic E-state index is 11.8. The Kier molecular flexibility index (Phi) is 6.28. The van der Waals surface area contributed by atoms with Crippen molar-refractivity contribution in [2.75, 3.05) is 26.2 Å². The fourth-order valence-electron chi connectivity index (χ4n) is 1.75. The third kappa shape index (κ3) is 5.36. The van der Waals surface area contributed by atoms with E-state index in [4.69, 9.17) is 5.53 Å². The van der Waals surface area contributed by atoms with Gasteiger partial charge in [0, 0.05) is 31.1 Å². The minimum absolute atomic E-state index is 0.403. The van der Waals surface area contributed by atoms with Crippen LogP contribution in [0.25, 0.3) is 10.4 Å². The fourth-order valence-corrected chi connectivity index (χ4v) is 3.07. The Hall–Kier alpha value is -0.820. The van der Waals surface area contributed by atoms with Crippen molar-refractivity contribution in [3.63, 3.8) is 0 Å². The highest BCUT2D eigenvalue weighted by molar-refractivity contribution is 7.87. The van der Waals surface area contributed by atoms with Crippen LogP contribution in [0.15, 0.2) is 5.11 Å². The summed E-state index contributed by atoms with van der Waals surface area (Å²) in [6.07, 6.45) is 4.38. The lowest BCUT2D eigenvalue weighted by molar-refractivity contribution is 0.341. The van der Waals surface area contributed by atoms with E-state index in [0.717, 1.165) is 19.3 Å². The van der Waals surface area contributed by atoms with Gasteiger partial charge in [0.25, 0.3) is 10.2 Å². The smallest absolute Gasteiger partial charge is 0.202 e. The second kappa shape index (κ2) is 7.50. The molecule has 0 unspecified atom stereocenters. The minimum atomic E-state index is -3.30. The molecule has 0 atom stereocenters. The van der Waals surface area contributed by atoms with Crippen molar-refractivity contribution in [2.24, 2.45) is 5.11 Å². The summed E-state index contributed by atoms with van der Waals surface area (Å²) in [5.74, 6) is 0. The van der Waals surface area contributed by atoms with Crippen molar-refractivity contribution < 1.29 is 8.42 Å². The first-order valence-corrected chi connectivity index (χ1v) is 7.36. The lowest BCUT2D eigenvalue weighted by Crippen LogP contribution is -2.43. The Bertz CT molecular complexity index is 358. The lowest BCUT2D eigenvalue weighted by Gasteiger charge is -2.25. The van der Waals surface area contributed by atoms with E-state index in [9.17, 15) is 8.42 Å². The summed E-state index contributed by atoms with van der Waals surface area (Å²) in [7, 11) is -3.30. The molecule has 0 aromatic rings. The van der Waals surface area contributed by atoms with Gasteiger partial charge in [-0.1, -0.05) is 11.5 Å². The molecule has 1 fully saturated rings. The SMILES string of the molecule is [N-]=[N+]=NCCCCNS(=O)(=O)N1CCCCC1. The monoisotopic (exact) mass is 261 g/mol. The van der Waals surface area contributed by atoms with Gasteiger partial charge in [-0.25, -0.2) is 4.72 Å². The zero-order chi connectivity index (χ0) is 12.6. The summed E-state index contributed by atoms with van der Waals surface area (Å²) in [6, 6.07) is 0. The van der Waals surface area contributed by atoms with Gasteiger partial charge in [0.2, 0.25) is 0 Å².